The summed E-state index contributed by atoms with van der Waals surface area (Å²) in [6.45, 7) is 1.48. The van der Waals surface area contributed by atoms with Gasteiger partial charge in [0.15, 0.2) is 11.6 Å². The van der Waals surface area contributed by atoms with Gasteiger partial charge in [0.05, 0.1) is 10.8 Å². The Labute approximate surface area is 186 Å². The van der Waals surface area contributed by atoms with E-state index in [4.69, 9.17) is 4.74 Å². The topological polar surface area (TPSA) is 66.9 Å². The molecule has 6 nitrogen and oxygen atoms in total. The third-order valence-corrected chi connectivity index (χ3v) is 7.93. The highest BCUT2D eigenvalue weighted by Gasteiger charge is 2.36. The molecule has 2 fully saturated rings. The maximum absolute atomic E-state index is 13.8. The van der Waals surface area contributed by atoms with Crippen LogP contribution in [-0.2, 0) is 14.8 Å². The normalized spacial score (nSPS) is 20.8. The number of piperidine rings is 2. The number of hydrogen-bond donors (Lipinski definition) is 0. The zero-order chi connectivity index (χ0) is 22.7. The summed E-state index contributed by atoms with van der Waals surface area (Å²) in [5.74, 6) is -1.83. The molecule has 0 radical (unpaired) electrons. The van der Waals surface area contributed by atoms with E-state index < -0.39 is 21.7 Å². The molecule has 0 N–H and O–H groups in total. The monoisotopic (exact) mass is 464 g/mol. The molecule has 1 unspecified atom stereocenters. The molecular weight excluding hydrogens is 438 g/mol. The molecule has 0 bridgehead atoms. The molecule has 2 aliphatic rings. The second-order valence-corrected chi connectivity index (χ2v) is 10.2. The number of carbonyl (C=O) groups is 1. The van der Waals surface area contributed by atoms with Crippen molar-refractivity contribution in [2.45, 2.75) is 36.7 Å². The molecule has 1 amide bonds. The highest BCUT2D eigenvalue weighted by molar-refractivity contribution is 7.89. The summed E-state index contributed by atoms with van der Waals surface area (Å²) >= 11 is 0. The highest BCUT2D eigenvalue weighted by atomic mass is 32.2. The zero-order valence-corrected chi connectivity index (χ0v) is 18.4. The summed E-state index contributed by atoms with van der Waals surface area (Å²) < 4.78 is 59.8. The van der Waals surface area contributed by atoms with Crippen molar-refractivity contribution in [2.24, 2.45) is 5.92 Å². The quantitative estimate of drug-likeness (QED) is 0.680. The Morgan fingerprint density at radius 2 is 1.69 bits per heavy atom. The summed E-state index contributed by atoms with van der Waals surface area (Å²) in [5.41, 5.74) is 0. The first-order chi connectivity index (χ1) is 15.3. The third-order valence-electron chi connectivity index (χ3n) is 6.06. The van der Waals surface area contributed by atoms with E-state index in [1.807, 2.05) is 0 Å². The van der Waals surface area contributed by atoms with E-state index in [0.29, 0.717) is 45.3 Å². The summed E-state index contributed by atoms with van der Waals surface area (Å²) in [5, 5.41) is 0. The minimum atomic E-state index is -3.63. The van der Waals surface area contributed by atoms with E-state index in [-0.39, 0.29) is 35.1 Å². The predicted molar refractivity (Wildman–Crippen MR) is 115 cm³/mol. The number of benzene rings is 2. The van der Waals surface area contributed by atoms with Gasteiger partial charge in [-0.25, -0.2) is 17.2 Å². The fraction of sp³-hybridized carbons (Fsp3) is 0.435. The molecule has 32 heavy (non-hydrogen) atoms. The number of halogens is 2. The molecule has 0 aliphatic carbocycles. The molecule has 0 saturated carbocycles. The molecule has 4 rings (SSSR count). The van der Waals surface area contributed by atoms with Crippen LogP contribution in [0, 0.1) is 17.6 Å². The molecule has 172 valence electrons. The first-order valence-corrected chi connectivity index (χ1v) is 12.2. The van der Waals surface area contributed by atoms with Gasteiger partial charge < -0.3 is 9.64 Å². The van der Waals surface area contributed by atoms with Gasteiger partial charge in [-0.15, -0.1) is 0 Å². The van der Waals surface area contributed by atoms with E-state index >= 15 is 0 Å². The van der Waals surface area contributed by atoms with Gasteiger partial charge in [-0.1, -0.05) is 18.2 Å². The number of sulfonamides is 1. The van der Waals surface area contributed by atoms with Crippen LogP contribution in [0.3, 0.4) is 0 Å². The van der Waals surface area contributed by atoms with Crippen LogP contribution in [0.15, 0.2) is 53.4 Å². The first kappa shape index (κ1) is 22.7. The summed E-state index contributed by atoms with van der Waals surface area (Å²) in [7, 11) is -3.63. The van der Waals surface area contributed by atoms with Crippen molar-refractivity contribution in [3.05, 3.63) is 60.2 Å². The molecule has 0 aromatic heterocycles. The van der Waals surface area contributed by atoms with Crippen molar-refractivity contribution in [2.75, 3.05) is 26.2 Å². The number of carbonyl (C=O) groups excluding carboxylic acids is 1. The Balaban J connectivity index is 1.34. The van der Waals surface area contributed by atoms with Gasteiger partial charge in [0.1, 0.15) is 11.9 Å². The Bertz CT molecular complexity index is 1060. The number of ether oxygens (including phenoxy) is 1. The van der Waals surface area contributed by atoms with Crippen molar-refractivity contribution in [3.8, 4) is 5.75 Å². The lowest BCUT2D eigenvalue weighted by Gasteiger charge is -2.37. The second kappa shape index (κ2) is 9.54. The van der Waals surface area contributed by atoms with E-state index in [1.54, 1.807) is 35.2 Å². The van der Waals surface area contributed by atoms with Gasteiger partial charge in [-0.05, 0) is 37.1 Å². The SMILES string of the molecule is O=C(C1CCCN(S(=O)(=O)c2ccccc2)C1)N1CCC(Oc2ccc(F)cc2F)CC1. The van der Waals surface area contributed by atoms with Crippen LogP contribution >= 0.6 is 0 Å². The van der Waals surface area contributed by atoms with E-state index in [0.717, 1.165) is 12.1 Å². The Morgan fingerprint density at radius 3 is 2.38 bits per heavy atom. The number of nitrogens with zero attached hydrogens (tertiary/aromatic N) is 2. The lowest BCUT2D eigenvalue weighted by Crippen LogP contribution is -2.49. The van der Waals surface area contributed by atoms with Gasteiger partial charge >= 0.3 is 0 Å². The number of rotatable bonds is 5. The maximum atomic E-state index is 13.8. The molecule has 0 spiro atoms. The van der Waals surface area contributed by atoms with Crippen LogP contribution in [0.2, 0.25) is 0 Å². The standard InChI is InChI=1S/C23H26F2N2O4S/c24-18-8-9-22(21(25)15-18)31-19-10-13-26(14-11-19)23(28)17-5-4-12-27(16-17)32(29,30)20-6-2-1-3-7-20/h1-3,6-9,15,17,19H,4-5,10-14,16H2. The van der Waals surface area contributed by atoms with Crippen LogP contribution in [0.25, 0.3) is 0 Å². The molecular formula is C23H26F2N2O4S. The average Bonchev–Trinajstić information content (AvgIpc) is 2.81. The number of amides is 1. The van der Waals surface area contributed by atoms with Crippen molar-refractivity contribution < 1.29 is 26.7 Å². The van der Waals surface area contributed by atoms with E-state index in [9.17, 15) is 22.0 Å². The van der Waals surface area contributed by atoms with Crippen LogP contribution in [0.4, 0.5) is 8.78 Å². The van der Waals surface area contributed by atoms with Crippen LogP contribution in [-0.4, -0.2) is 55.8 Å². The lowest BCUT2D eigenvalue weighted by atomic mass is 9.96. The lowest BCUT2D eigenvalue weighted by molar-refractivity contribution is -0.138. The third kappa shape index (κ3) is 4.94. The summed E-state index contributed by atoms with van der Waals surface area (Å²) in [6, 6.07) is 11.5. The summed E-state index contributed by atoms with van der Waals surface area (Å²) in [6.07, 6.45) is 2.08. The first-order valence-electron chi connectivity index (χ1n) is 10.8. The van der Waals surface area contributed by atoms with E-state index in [1.165, 1.54) is 10.4 Å². The fourth-order valence-electron chi connectivity index (χ4n) is 4.31. The zero-order valence-electron chi connectivity index (χ0n) is 17.6. The maximum Gasteiger partial charge on any atom is 0.243 e. The van der Waals surface area contributed by atoms with Crippen LogP contribution in [0.1, 0.15) is 25.7 Å². The van der Waals surface area contributed by atoms with Gasteiger partial charge in [-0.2, -0.15) is 4.31 Å². The minimum Gasteiger partial charge on any atom is -0.487 e. The van der Waals surface area contributed by atoms with Crippen molar-refractivity contribution >= 4 is 15.9 Å². The number of hydrogen-bond acceptors (Lipinski definition) is 4. The van der Waals surface area contributed by atoms with Crippen molar-refractivity contribution in [1.82, 2.24) is 9.21 Å². The Kier molecular flexibility index (Phi) is 6.76. The minimum absolute atomic E-state index is 0.00483. The largest absolute Gasteiger partial charge is 0.487 e. The molecule has 2 heterocycles. The molecule has 2 aromatic rings. The fourth-order valence-corrected chi connectivity index (χ4v) is 5.85. The van der Waals surface area contributed by atoms with Gasteiger partial charge in [0.2, 0.25) is 15.9 Å². The second-order valence-electron chi connectivity index (χ2n) is 8.23. The van der Waals surface area contributed by atoms with E-state index in [2.05, 4.69) is 0 Å². The van der Waals surface area contributed by atoms with Gasteiger partial charge in [-0.3, -0.25) is 4.79 Å². The van der Waals surface area contributed by atoms with Gasteiger partial charge in [0.25, 0.3) is 0 Å². The molecule has 2 aliphatic heterocycles. The highest BCUT2D eigenvalue weighted by Crippen LogP contribution is 2.27. The van der Waals surface area contributed by atoms with Crippen LogP contribution < -0.4 is 4.74 Å². The molecule has 2 aromatic carbocycles. The smallest absolute Gasteiger partial charge is 0.243 e. The molecule has 1 atom stereocenters. The predicted octanol–water partition coefficient (Wildman–Crippen LogP) is 3.44. The molecule has 2 saturated heterocycles. The average molecular weight is 465 g/mol. The Morgan fingerprint density at radius 1 is 0.969 bits per heavy atom. The van der Waals surface area contributed by atoms with Crippen molar-refractivity contribution in [3.63, 3.8) is 0 Å². The summed E-state index contributed by atoms with van der Waals surface area (Å²) in [4.78, 5) is 15.1. The van der Waals surface area contributed by atoms with Crippen molar-refractivity contribution in [1.29, 1.82) is 0 Å². The number of likely N-dealkylation sites (tertiary alicyclic amines) is 1. The van der Waals surface area contributed by atoms with Gasteiger partial charge in [0, 0.05) is 45.1 Å². The van der Waals surface area contributed by atoms with Crippen LogP contribution in [0.5, 0.6) is 5.75 Å². The Hall–Kier alpha value is -2.52. The molecule has 9 heteroatoms.